The van der Waals surface area contributed by atoms with Gasteiger partial charge in [-0.05, 0) is 57.7 Å². The van der Waals surface area contributed by atoms with Crippen molar-refractivity contribution in [3.8, 4) is 0 Å². The van der Waals surface area contributed by atoms with Gasteiger partial charge in [0.05, 0.1) is 12.0 Å². The average molecular weight is 354 g/mol. The van der Waals surface area contributed by atoms with Crippen molar-refractivity contribution < 1.29 is 19.1 Å². The molecule has 1 aromatic carbocycles. The lowest BCUT2D eigenvalue weighted by Gasteiger charge is -2.19. The molecule has 1 amide bonds. The Kier molecular flexibility index (Phi) is 5.75. The lowest BCUT2D eigenvalue weighted by atomic mass is 9.96. The molecule has 1 saturated carbocycles. The van der Waals surface area contributed by atoms with Gasteiger partial charge in [0.15, 0.2) is 0 Å². The minimum absolute atomic E-state index is 0.220. The quantitative estimate of drug-likeness (QED) is 0.623. The third-order valence-corrected chi connectivity index (χ3v) is 3.98. The molecule has 1 aliphatic rings. The van der Waals surface area contributed by atoms with E-state index in [4.69, 9.17) is 21.1 Å². The molecule has 1 fully saturated rings. The molecule has 0 spiro atoms. The summed E-state index contributed by atoms with van der Waals surface area (Å²) in [7, 11) is 0. The zero-order valence-corrected chi connectivity index (χ0v) is 15.1. The summed E-state index contributed by atoms with van der Waals surface area (Å²) in [6, 6.07) is 7.36. The molecule has 1 aliphatic carbocycles. The van der Waals surface area contributed by atoms with E-state index in [0.29, 0.717) is 18.0 Å². The van der Waals surface area contributed by atoms with E-state index in [1.807, 2.05) is 18.2 Å². The summed E-state index contributed by atoms with van der Waals surface area (Å²) in [6.07, 6.45) is 1.63. The first kappa shape index (κ1) is 18.6. The highest BCUT2D eigenvalue weighted by molar-refractivity contribution is 6.30. The molecule has 0 radical (unpaired) electrons. The predicted molar refractivity (Wildman–Crippen MR) is 92.2 cm³/mol. The van der Waals surface area contributed by atoms with Crippen LogP contribution in [0.5, 0.6) is 0 Å². The zero-order chi connectivity index (χ0) is 17.8. The molecule has 5 nitrogen and oxygen atoms in total. The summed E-state index contributed by atoms with van der Waals surface area (Å²) in [6.45, 7) is 6.07. The van der Waals surface area contributed by atoms with Crippen LogP contribution in [0.15, 0.2) is 24.3 Å². The van der Waals surface area contributed by atoms with Crippen molar-refractivity contribution in [1.29, 1.82) is 0 Å². The summed E-state index contributed by atoms with van der Waals surface area (Å²) >= 11 is 6.00. The minimum Gasteiger partial charge on any atom is -0.465 e. The first-order valence-corrected chi connectivity index (χ1v) is 8.51. The van der Waals surface area contributed by atoms with Crippen molar-refractivity contribution in [3.05, 3.63) is 34.9 Å². The van der Waals surface area contributed by atoms with E-state index in [9.17, 15) is 9.59 Å². The smallest absolute Gasteiger partial charge is 0.407 e. The van der Waals surface area contributed by atoms with Crippen LogP contribution in [0, 0.1) is 0 Å². The van der Waals surface area contributed by atoms with E-state index < -0.39 is 17.1 Å². The van der Waals surface area contributed by atoms with Crippen LogP contribution in [0.1, 0.15) is 45.6 Å². The number of nitrogens with one attached hydrogen (secondary N) is 1. The van der Waals surface area contributed by atoms with E-state index in [1.54, 1.807) is 26.8 Å². The van der Waals surface area contributed by atoms with Crippen molar-refractivity contribution in [1.82, 2.24) is 5.32 Å². The Morgan fingerprint density at radius 3 is 2.58 bits per heavy atom. The summed E-state index contributed by atoms with van der Waals surface area (Å²) in [5.74, 6) is -0.220. The number of carbonyl (C=O) groups excluding carboxylic acids is 2. The summed E-state index contributed by atoms with van der Waals surface area (Å²) in [5.41, 5.74) is -0.151. The van der Waals surface area contributed by atoms with Crippen LogP contribution in [-0.4, -0.2) is 30.8 Å². The molecule has 0 atom stereocenters. The molecule has 132 valence electrons. The van der Waals surface area contributed by atoms with Crippen LogP contribution in [0.25, 0.3) is 0 Å². The Morgan fingerprint density at radius 2 is 2.00 bits per heavy atom. The van der Waals surface area contributed by atoms with E-state index in [-0.39, 0.29) is 12.6 Å². The van der Waals surface area contributed by atoms with Crippen molar-refractivity contribution in [2.75, 3.05) is 13.2 Å². The van der Waals surface area contributed by atoms with Crippen LogP contribution < -0.4 is 5.32 Å². The SMILES string of the molecule is CC(C)(C)OC(=O)NCCCOC(=O)C1(c2cccc(Cl)c2)CC1. The maximum absolute atomic E-state index is 12.3. The maximum Gasteiger partial charge on any atom is 0.407 e. The second-order valence-electron chi connectivity index (χ2n) is 7.01. The highest BCUT2D eigenvalue weighted by atomic mass is 35.5. The Bertz CT molecular complexity index is 605. The summed E-state index contributed by atoms with van der Waals surface area (Å²) in [4.78, 5) is 23.8. The number of alkyl carbamates (subject to hydrolysis) is 1. The lowest BCUT2D eigenvalue weighted by Crippen LogP contribution is -2.33. The summed E-state index contributed by atoms with van der Waals surface area (Å²) < 4.78 is 10.5. The topological polar surface area (TPSA) is 64.6 Å². The number of carbonyl (C=O) groups is 2. The molecule has 1 N–H and O–H groups in total. The van der Waals surface area contributed by atoms with Crippen molar-refractivity contribution in [2.24, 2.45) is 0 Å². The Balaban J connectivity index is 1.71. The van der Waals surface area contributed by atoms with E-state index >= 15 is 0 Å². The third-order valence-electron chi connectivity index (χ3n) is 3.74. The zero-order valence-electron chi connectivity index (χ0n) is 14.4. The number of amides is 1. The van der Waals surface area contributed by atoms with Gasteiger partial charge in [-0.3, -0.25) is 4.79 Å². The van der Waals surface area contributed by atoms with Gasteiger partial charge in [0, 0.05) is 11.6 Å². The Morgan fingerprint density at radius 1 is 1.29 bits per heavy atom. The van der Waals surface area contributed by atoms with Crippen LogP contribution in [0.4, 0.5) is 4.79 Å². The average Bonchev–Trinajstić information content (AvgIpc) is 3.26. The van der Waals surface area contributed by atoms with Crippen LogP contribution in [-0.2, 0) is 19.7 Å². The molecule has 6 heteroatoms. The normalized spacial score (nSPS) is 15.5. The first-order chi connectivity index (χ1) is 11.2. The van der Waals surface area contributed by atoms with E-state index in [2.05, 4.69) is 5.32 Å². The molecule has 0 aliphatic heterocycles. The molecule has 0 aromatic heterocycles. The highest BCUT2D eigenvalue weighted by Gasteiger charge is 2.52. The van der Waals surface area contributed by atoms with Gasteiger partial charge < -0.3 is 14.8 Å². The van der Waals surface area contributed by atoms with Crippen molar-refractivity contribution in [2.45, 2.75) is 51.0 Å². The Labute approximate surface area is 147 Å². The van der Waals surface area contributed by atoms with Gasteiger partial charge >= 0.3 is 12.1 Å². The largest absolute Gasteiger partial charge is 0.465 e. The van der Waals surface area contributed by atoms with Crippen molar-refractivity contribution in [3.63, 3.8) is 0 Å². The number of hydrogen-bond donors (Lipinski definition) is 1. The molecular formula is C18H24ClNO4. The summed E-state index contributed by atoms with van der Waals surface area (Å²) in [5, 5.41) is 3.26. The number of hydrogen-bond acceptors (Lipinski definition) is 4. The van der Waals surface area contributed by atoms with E-state index in [1.165, 1.54) is 0 Å². The molecule has 0 unspecified atom stereocenters. The fourth-order valence-electron chi connectivity index (χ4n) is 2.40. The molecule has 24 heavy (non-hydrogen) atoms. The van der Waals surface area contributed by atoms with Crippen molar-refractivity contribution >= 4 is 23.7 Å². The highest BCUT2D eigenvalue weighted by Crippen LogP contribution is 2.49. The van der Waals surface area contributed by atoms with Gasteiger partial charge in [0.25, 0.3) is 0 Å². The number of rotatable bonds is 6. The van der Waals surface area contributed by atoms with Gasteiger partial charge in [0.1, 0.15) is 5.60 Å². The fraction of sp³-hybridized carbons (Fsp3) is 0.556. The second-order valence-corrected chi connectivity index (χ2v) is 7.45. The molecule has 0 heterocycles. The molecule has 0 saturated heterocycles. The standard InChI is InChI=1S/C18H24ClNO4/c1-17(2,3)24-16(22)20-10-5-11-23-15(21)18(8-9-18)13-6-4-7-14(19)12-13/h4,6-7,12H,5,8-11H2,1-3H3,(H,20,22). The predicted octanol–water partition coefficient (Wildman–Crippen LogP) is 3.83. The van der Waals surface area contributed by atoms with Crippen LogP contribution in [0.3, 0.4) is 0 Å². The lowest BCUT2D eigenvalue weighted by molar-refractivity contribution is -0.146. The minimum atomic E-state index is -0.538. The molecule has 2 rings (SSSR count). The second kappa shape index (κ2) is 7.43. The third kappa shape index (κ3) is 5.13. The van der Waals surface area contributed by atoms with Crippen LogP contribution >= 0.6 is 11.6 Å². The molecule has 1 aromatic rings. The van der Waals surface area contributed by atoms with Gasteiger partial charge in [0.2, 0.25) is 0 Å². The number of ether oxygens (including phenoxy) is 2. The van der Waals surface area contributed by atoms with Gasteiger partial charge in [-0.2, -0.15) is 0 Å². The monoisotopic (exact) mass is 353 g/mol. The Hall–Kier alpha value is -1.75. The van der Waals surface area contributed by atoms with E-state index in [0.717, 1.165) is 18.4 Å². The first-order valence-electron chi connectivity index (χ1n) is 8.13. The van der Waals surface area contributed by atoms with Gasteiger partial charge in [-0.15, -0.1) is 0 Å². The number of esters is 1. The van der Waals surface area contributed by atoms with Gasteiger partial charge in [-0.1, -0.05) is 23.7 Å². The number of halogens is 1. The maximum atomic E-state index is 12.3. The van der Waals surface area contributed by atoms with Gasteiger partial charge in [-0.25, -0.2) is 4.79 Å². The number of benzene rings is 1. The molecule has 0 bridgehead atoms. The molecular weight excluding hydrogens is 330 g/mol. The fourth-order valence-corrected chi connectivity index (χ4v) is 2.59. The van der Waals surface area contributed by atoms with Crippen LogP contribution in [0.2, 0.25) is 5.02 Å².